The van der Waals surface area contributed by atoms with E-state index >= 15 is 0 Å². The standard InChI is InChI=1S/C10H17NO3/c1-8(2)6-11-3-4-14-9(7-11)5-10(12)13/h9H,1,3-7H2,2H3,(H,12,13). The lowest BCUT2D eigenvalue weighted by molar-refractivity contribution is -0.142. The van der Waals surface area contributed by atoms with E-state index in [-0.39, 0.29) is 12.5 Å². The number of nitrogens with zero attached hydrogens (tertiary/aromatic N) is 1. The second-order valence-electron chi connectivity index (χ2n) is 3.78. The van der Waals surface area contributed by atoms with Gasteiger partial charge in [0.25, 0.3) is 0 Å². The van der Waals surface area contributed by atoms with Gasteiger partial charge in [0, 0.05) is 19.6 Å². The van der Waals surface area contributed by atoms with E-state index in [2.05, 4.69) is 11.5 Å². The van der Waals surface area contributed by atoms with Gasteiger partial charge in [-0.15, -0.1) is 0 Å². The Morgan fingerprint density at radius 3 is 3.00 bits per heavy atom. The predicted octanol–water partition coefficient (Wildman–Crippen LogP) is 0.738. The molecule has 4 nitrogen and oxygen atoms in total. The van der Waals surface area contributed by atoms with E-state index in [9.17, 15) is 4.79 Å². The molecule has 0 saturated carbocycles. The van der Waals surface area contributed by atoms with Gasteiger partial charge in [-0.05, 0) is 6.92 Å². The lowest BCUT2D eigenvalue weighted by Crippen LogP contribution is -2.43. The maximum Gasteiger partial charge on any atom is 0.306 e. The summed E-state index contributed by atoms with van der Waals surface area (Å²) in [6, 6.07) is 0. The van der Waals surface area contributed by atoms with E-state index in [0.29, 0.717) is 13.2 Å². The molecule has 1 N–H and O–H groups in total. The highest BCUT2D eigenvalue weighted by molar-refractivity contribution is 5.67. The molecular formula is C10H17NO3. The maximum absolute atomic E-state index is 10.5. The number of ether oxygens (including phenoxy) is 1. The molecule has 0 spiro atoms. The smallest absolute Gasteiger partial charge is 0.306 e. The Bertz CT molecular complexity index is 205. The third-order valence-electron chi connectivity index (χ3n) is 2.12. The molecule has 1 aliphatic heterocycles. The summed E-state index contributed by atoms with van der Waals surface area (Å²) >= 11 is 0. The first-order valence-electron chi connectivity index (χ1n) is 4.78. The molecule has 1 rings (SSSR count). The minimum atomic E-state index is -0.799. The van der Waals surface area contributed by atoms with Crippen LogP contribution in [0.5, 0.6) is 0 Å². The van der Waals surface area contributed by atoms with E-state index in [4.69, 9.17) is 9.84 Å². The summed E-state index contributed by atoms with van der Waals surface area (Å²) in [4.78, 5) is 12.7. The largest absolute Gasteiger partial charge is 0.481 e. The van der Waals surface area contributed by atoms with E-state index < -0.39 is 5.97 Å². The number of hydrogen-bond acceptors (Lipinski definition) is 3. The first-order chi connectivity index (χ1) is 6.58. The Labute approximate surface area is 84.2 Å². The van der Waals surface area contributed by atoms with Crippen LogP contribution in [0, 0.1) is 0 Å². The van der Waals surface area contributed by atoms with Crippen molar-refractivity contribution in [1.82, 2.24) is 4.90 Å². The summed E-state index contributed by atoms with van der Waals surface area (Å²) in [6.45, 7) is 8.82. The fourth-order valence-corrected chi connectivity index (χ4v) is 1.62. The number of hydrogen-bond donors (Lipinski definition) is 1. The van der Waals surface area contributed by atoms with Crippen LogP contribution in [0.2, 0.25) is 0 Å². The molecule has 14 heavy (non-hydrogen) atoms. The molecule has 1 atom stereocenters. The first-order valence-corrected chi connectivity index (χ1v) is 4.78. The van der Waals surface area contributed by atoms with Crippen LogP contribution in [0.15, 0.2) is 12.2 Å². The van der Waals surface area contributed by atoms with Gasteiger partial charge in [0.15, 0.2) is 0 Å². The van der Waals surface area contributed by atoms with Crippen LogP contribution in [0.4, 0.5) is 0 Å². The van der Waals surface area contributed by atoms with Gasteiger partial charge >= 0.3 is 5.97 Å². The topological polar surface area (TPSA) is 49.8 Å². The highest BCUT2D eigenvalue weighted by Crippen LogP contribution is 2.09. The molecule has 0 aromatic heterocycles. The Hall–Kier alpha value is -0.870. The van der Waals surface area contributed by atoms with Crippen LogP contribution >= 0.6 is 0 Å². The normalized spacial score (nSPS) is 23.4. The van der Waals surface area contributed by atoms with Crippen molar-refractivity contribution in [3.63, 3.8) is 0 Å². The third-order valence-corrected chi connectivity index (χ3v) is 2.12. The lowest BCUT2D eigenvalue weighted by Gasteiger charge is -2.32. The number of morpholine rings is 1. The Kier molecular flexibility index (Phi) is 4.10. The van der Waals surface area contributed by atoms with Gasteiger partial charge in [-0.1, -0.05) is 12.2 Å². The number of aliphatic carboxylic acids is 1. The van der Waals surface area contributed by atoms with Crippen molar-refractivity contribution in [1.29, 1.82) is 0 Å². The van der Waals surface area contributed by atoms with E-state index in [1.54, 1.807) is 0 Å². The quantitative estimate of drug-likeness (QED) is 0.678. The lowest BCUT2D eigenvalue weighted by atomic mass is 10.2. The van der Waals surface area contributed by atoms with E-state index in [0.717, 1.165) is 18.7 Å². The zero-order valence-electron chi connectivity index (χ0n) is 8.53. The Morgan fingerprint density at radius 2 is 2.43 bits per heavy atom. The van der Waals surface area contributed by atoms with Crippen molar-refractivity contribution >= 4 is 5.97 Å². The van der Waals surface area contributed by atoms with Crippen LogP contribution in [0.3, 0.4) is 0 Å². The molecule has 80 valence electrons. The molecule has 1 saturated heterocycles. The third kappa shape index (κ3) is 3.89. The SMILES string of the molecule is C=C(C)CN1CCOC(CC(=O)O)C1. The molecule has 0 aromatic carbocycles. The van der Waals surface area contributed by atoms with Crippen molar-refractivity contribution in [3.05, 3.63) is 12.2 Å². The molecule has 0 aliphatic carbocycles. The minimum absolute atomic E-state index is 0.0900. The average Bonchev–Trinajstić information content (AvgIpc) is 2.01. The fraction of sp³-hybridized carbons (Fsp3) is 0.700. The van der Waals surface area contributed by atoms with Gasteiger partial charge < -0.3 is 9.84 Å². The molecular weight excluding hydrogens is 182 g/mol. The Balaban J connectivity index is 2.35. The van der Waals surface area contributed by atoms with Crippen LogP contribution < -0.4 is 0 Å². The number of rotatable bonds is 4. The van der Waals surface area contributed by atoms with Crippen molar-refractivity contribution < 1.29 is 14.6 Å². The van der Waals surface area contributed by atoms with Gasteiger partial charge in [-0.3, -0.25) is 9.69 Å². The average molecular weight is 199 g/mol. The highest BCUT2D eigenvalue weighted by atomic mass is 16.5. The minimum Gasteiger partial charge on any atom is -0.481 e. The predicted molar refractivity (Wildman–Crippen MR) is 53.2 cm³/mol. The van der Waals surface area contributed by atoms with Crippen molar-refractivity contribution in [2.24, 2.45) is 0 Å². The zero-order valence-corrected chi connectivity index (χ0v) is 8.53. The van der Waals surface area contributed by atoms with Gasteiger partial charge in [-0.25, -0.2) is 0 Å². The molecule has 1 heterocycles. The second-order valence-corrected chi connectivity index (χ2v) is 3.78. The number of carbonyl (C=O) groups is 1. The summed E-state index contributed by atoms with van der Waals surface area (Å²) in [7, 11) is 0. The summed E-state index contributed by atoms with van der Waals surface area (Å²) in [5, 5.41) is 8.62. The first kappa shape index (κ1) is 11.2. The molecule has 0 amide bonds. The van der Waals surface area contributed by atoms with E-state index in [1.807, 2.05) is 6.92 Å². The monoisotopic (exact) mass is 199 g/mol. The summed E-state index contributed by atoms with van der Waals surface area (Å²) in [5.41, 5.74) is 1.10. The van der Waals surface area contributed by atoms with Gasteiger partial charge in [-0.2, -0.15) is 0 Å². The molecule has 1 unspecified atom stereocenters. The molecule has 1 fully saturated rings. The van der Waals surface area contributed by atoms with Gasteiger partial charge in [0.05, 0.1) is 19.1 Å². The molecule has 0 aromatic rings. The van der Waals surface area contributed by atoms with Crippen LogP contribution in [-0.2, 0) is 9.53 Å². The van der Waals surface area contributed by atoms with Crippen molar-refractivity contribution in [2.45, 2.75) is 19.4 Å². The maximum atomic E-state index is 10.5. The summed E-state index contributed by atoms with van der Waals surface area (Å²) in [6.07, 6.45) is -0.0761. The van der Waals surface area contributed by atoms with Crippen molar-refractivity contribution in [2.75, 3.05) is 26.2 Å². The molecule has 1 aliphatic rings. The van der Waals surface area contributed by atoms with Gasteiger partial charge in [0.2, 0.25) is 0 Å². The number of carboxylic acid groups (broad SMARTS) is 1. The van der Waals surface area contributed by atoms with E-state index in [1.165, 1.54) is 0 Å². The molecule has 4 heteroatoms. The Morgan fingerprint density at radius 1 is 1.71 bits per heavy atom. The van der Waals surface area contributed by atoms with Crippen LogP contribution in [0.25, 0.3) is 0 Å². The number of carboxylic acids is 1. The highest BCUT2D eigenvalue weighted by Gasteiger charge is 2.22. The second kappa shape index (κ2) is 5.12. The van der Waals surface area contributed by atoms with Gasteiger partial charge in [0.1, 0.15) is 0 Å². The summed E-state index contributed by atoms with van der Waals surface area (Å²) < 4.78 is 5.35. The molecule has 0 bridgehead atoms. The van der Waals surface area contributed by atoms with Crippen LogP contribution in [-0.4, -0.2) is 48.3 Å². The zero-order chi connectivity index (χ0) is 10.6. The van der Waals surface area contributed by atoms with Crippen LogP contribution in [0.1, 0.15) is 13.3 Å². The molecule has 0 radical (unpaired) electrons. The van der Waals surface area contributed by atoms with Crippen molar-refractivity contribution in [3.8, 4) is 0 Å². The summed E-state index contributed by atoms with van der Waals surface area (Å²) in [5.74, 6) is -0.799. The fourth-order valence-electron chi connectivity index (χ4n) is 1.62.